The first-order valence-corrected chi connectivity index (χ1v) is 5.90. The Kier molecular flexibility index (Phi) is 5.25. The Hall–Kier alpha value is -2.15. The molecule has 0 heterocycles. The van der Waals surface area contributed by atoms with E-state index in [1.807, 2.05) is 14.1 Å². The smallest absolute Gasteiger partial charge is 0.292 e. The van der Waals surface area contributed by atoms with Crippen LogP contribution in [0.1, 0.15) is 12.0 Å². The molecular formula is C12H19N5O2. The van der Waals surface area contributed by atoms with E-state index in [2.05, 4.69) is 9.89 Å². The second-order valence-corrected chi connectivity index (χ2v) is 4.45. The first-order valence-electron chi connectivity index (χ1n) is 5.90. The highest BCUT2D eigenvalue weighted by Crippen LogP contribution is 2.22. The molecule has 0 aromatic heterocycles. The Morgan fingerprint density at radius 1 is 1.47 bits per heavy atom. The summed E-state index contributed by atoms with van der Waals surface area (Å²) in [4.78, 5) is 16.5. The summed E-state index contributed by atoms with van der Waals surface area (Å²) >= 11 is 0. The van der Waals surface area contributed by atoms with Crippen LogP contribution in [-0.2, 0) is 0 Å². The van der Waals surface area contributed by atoms with E-state index in [9.17, 15) is 10.1 Å². The lowest BCUT2D eigenvalue weighted by Crippen LogP contribution is -2.17. The van der Waals surface area contributed by atoms with E-state index in [0.29, 0.717) is 17.9 Å². The van der Waals surface area contributed by atoms with Gasteiger partial charge in [-0.15, -0.1) is 0 Å². The van der Waals surface area contributed by atoms with E-state index >= 15 is 0 Å². The zero-order valence-corrected chi connectivity index (χ0v) is 11.2. The number of nitro groups is 1. The molecule has 1 rings (SSSR count). The minimum absolute atomic E-state index is 0.120. The molecule has 4 N–H and O–H groups in total. The number of hydrogen-bond acceptors (Lipinski definition) is 5. The molecule has 19 heavy (non-hydrogen) atoms. The summed E-state index contributed by atoms with van der Waals surface area (Å²) in [6, 6.07) is 4.45. The van der Waals surface area contributed by atoms with Crippen LogP contribution in [0.15, 0.2) is 23.2 Å². The van der Waals surface area contributed by atoms with E-state index in [-0.39, 0.29) is 11.4 Å². The number of hydrogen-bond donors (Lipinski definition) is 2. The molecule has 1 aromatic rings. The monoisotopic (exact) mass is 265 g/mol. The molecule has 0 fully saturated rings. The van der Waals surface area contributed by atoms with Gasteiger partial charge in [-0.2, -0.15) is 0 Å². The molecule has 0 aliphatic carbocycles. The van der Waals surface area contributed by atoms with Crippen molar-refractivity contribution >= 4 is 17.2 Å². The van der Waals surface area contributed by atoms with Crippen LogP contribution < -0.4 is 11.5 Å². The van der Waals surface area contributed by atoms with Gasteiger partial charge in [-0.05, 0) is 39.2 Å². The lowest BCUT2D eigenvalue weighted by atomic mass is 10.1. The zero-order valence-electron chi connectivity index (χ0n) is 11.2. The lowest BCUT2D eigenvalue weighted by Gasteiger charge is -2.07. The summed E-state index contributed by atoms with van der Waals surface area (Å²) < 4.78 is 0. The number of nitrogens with zero attached hydrogens (tertiary/aromatic N) is 3. The molecular weight excluding hydrogens is 246 g/mol. The summed E-state index contributed by atoms with van der Waals surface area (Å²) in [5.41, 5.74) is 11.8. The lowest BCUT2D eigenvalue weighted by molar-refractivity contribution is -0.383. The van der Waals surface area contributed by atoms with Crippen LogP contribution >= 0.6 is 0 Å². The van der Waals surface area contributed by atoms with E-state index in [1.54, 1.807) is 6.07 Å². The second-order valence-electron chi connectivity index (χ2n) is 4.45. The van der Waals surface area contributed by atoms with Crippen molar-refractivity contribution in [1.29, 1.82) is 0 Å². The topological polar surface area (TPSA) is 111 Å². The number of nitrogen functional groups attached to an aromatic ring is 1. The third-order valence-electron chi connectivity index (χ3n) is 2.57. The summed E-state index contributed by atoms with van der Waals surface area (Å²) in [6.07, 6.45) is 0.880. The maximum Gasteiger partial charge on any atom is 0.292 e. The molecule has 0 amide bonds. The Morgan fingerprint density at radius 3 is 2.74 bits per heavy atom. The van der Waals surface area contributed by atoms with Gasteiger partial charge in [0.1, 0.15) is 11.5 Å². The average molecular weight is 265 g/mol. The van der Waals surface area contributed by atoms with Gasteiger partial charge < -0.3 is 16.4 Å². The number of anilines is 1. The van der Waals surface area contributed by atoms with Crippen LogP contribution in [0.4, 0.5) is 11.4 Å². The number of aliphatic imine (C=N–C) groups is 1. The molecule has 0 saturated heterocycles. The van der Waals surface area contributed by atoms with Crippen molar-refractivity contribution in [3.8, 4) is 0 Å². The van der Waals surface area contributed by atoms with Crippen LogP contribution in [0.2, 0.25) is 0 Å². The van der Waals surface area contributed by atoms with Crippen LogP contribution in [0.3, 0.4) is 0 Å². The van der Waals surface area contributed by atoms with Crippen molar-refractivity contribution in [1.82, 2.24) is 4.90 Å². The summed E-state index contributed by atoms with van der Waals surface area (Å²) in [6.45, 7) is 1.50. The SMILES string of the molecule is CN(C)CCCN=C(N)c1ccc(N)c([N+](=O)[O-])c1. The first-order chi connectivity index (χ1) is 8.91. The molecule has 0 aliphatic rings. The quantitative estimate of drug-likeness (QED) is 0.198. The van der Waals surface area contributed by atoms with Gasteiger partial charge in [0.25, 0.3) is 5.69 Å². The fourth-order valence-corrected chi connectivity index (χ4v) is 1.54. The Morgan fingerprint density at radius 2 is 2.16 bits per heavy atom. The Balaban J connectivity index is 2.76. The normalized spacial score (nSPS) is 11.8. The molecule has 0 bridgehead atoms. The molecule has 0 unspecified atom stereocenters. The third-order valence-corrected chi connectivity index (χ3v) is 2.57. The van der Waals surface area contributed by atoms with Gasteiger partial charge in [-0.25, -0.2) is 0 Å². The van der Waals surface area contributed by atoms with Crippen molar-refractivity contribution in [3.63, 3.8) is 0 Å². The highest BCUT2D eigenvalue weighted by atomic mass is 16.6. The molecule has 0 spiro atoms. The van der Waals surface area contributed by atoms with Crippen LogP contribution in [0, 0.1) is 10.1 Å². The van der Waals surface area contributed by atoms with E-state index < -0.39 is 4.92 Å². The van der Waals surface area contributed by atoms with Crippen LogP contribution in [0.5, 0.6) is 0 Å². The maximum atomic E-state index is 10.8. The van der Waals surface area contributed by atoms with E-state index in [0.717, 1.165) is 13.0 Å². The highest BCUT2D eigenvalue weighted by molar-refractivity contribution is 5.98. The summed E-state index contributed by atoms with van der Waals surface area (Å²) in [7, 11) is 3.97. The van der Waals surface area contributed by atoms with Crippen molar-refractivity contribution in [3.05, 3.63) is 33.9 Å². The summed E-state index contributed by atoms with van der Waals surface area (Å²) in [5, 5.41) is 10.8. The van der Waals surface area contributed by atoms with Gasteiger partial charge in [-0.3, -0.25) is 15.1 Å². The highest BCUT2D eigenvalue weighted by Gasteiger charge is 2.13. The van der Waals surface area contributed by atoms with Crippen molar-refractivity contribution in [2.24, 2.45) is 10.7 Å². The van der Waals surface area contributed by atoms with Gasteiger partial charge in [-0.1, -0.05) is 0 Å². The van der Waals surface area contributed by atoms with Crippen molar-refractivity contribution in [2.75, 3.05) is 32.9 Å². The molecule has 0 atom stereocenters. The number of nitro benzene ring substituents is 1. The minimum Gasteiger partial charge on any atom is -0.393 e. The number of benzene rings is 1. The Labute approximate surface area is 112 Å². The first kappa shape index (κ1) is 14.9. The van der Waals surface area contributed by atoms with Crippen LogP contribution in [-0.4, -0.2) is 42.8 Å². The molecule has 104 valence electrons. The third kappa shape index (κ3) is 4.55. The molecule has 1 aromatic carbocycles. The molecule has 0 saturated carbocycles. The fourth-order valence-electron chi connectivity index (χ4n) is 1.54. The minimum atomic E-state index is -0.530. The maximum absolute atomic E-state index is 10.8. The van der Waals surface area contributed by atoms with Gasteiger partial charge in [0.2, 0.25) is 0 Å². The molecule has 0 aliphatic heterocycles. The predicted octanol–water partition coefficient (Wildman–Crippen LogP) is 0.834. The van der Waals surface area contributed by atoms with Crippen molar-refractivity contribution in [2.45, 2.75) is 6.42 Å². The second kappa shape index (κ2) is 6.69. The molecule has 0 radical (unpaired) electrons. The molecule has 7 heteroatoms. The van der Waals surface area contributed by atoms with E-state index in [4.69, 9.17) is 11.5 Å². The van der Waals surface area contributed by atoms with Gasteiger partial charge in [0.05, 0.1) is 4.92 Å². The average Bonchev–Trinajstić information content (AvgIpc) is 2.34. The van der Waals surface area contributed by atoms with Crippen LogP contribution in [0.25, 0.3) is 0 Å². The molecule has 7 nitrogen and oxygen atoms in total. The Bertz CT molecular complexity index is 485. The van der Waals surface area contributed by atoms with E-state index in [1.165, 1.54) is 12.1 Å². The predicted molar refractivity (Wildman–Crippen MR) is 76.3 cm³/mol. The zero-order chi connectivity index (χ0) is 14.4. The number of amidine groups is 1. The number of nitrogens with two attached hydrogens (primary N) is 2. The van der Waals surface area contributed by atoms with Crippen molar-refractivity contribution < 1.29 is 4.92 Å². The standard InChI is InChI=1S/C12H19N5O2/c1-16(2)7-3-6-15-12(14)9-4-5-10(13)11(8-9)17(18)19/h4-5,8H,3,6-7,13H2,1-2H3,(H2,14,15). The van der Waals surface area contributed by atoms with Gasteiger partial charge >= 0.3 is 0 Å². The van der Waals surface area contributed by atoms with Gasteiger partial charge in [0.15, 0.2) is 0 Å². The summed E-state index contributed by atoms with van der Waals surface area (Å²) in [5.74, 6) is 0.293. The van der Waals surface area contributed by atoms with Gasteiger partial charge in [0, 0.05) is 18.2 Å². The fraction of sp³-hybridized carbons (Fsp3) is 0.417. The number of rotatable bonds is 6. The largest absolute Gasteiger partial charge is 0.393 e.